The van der Waals surface area contributed by atoms with Gasteiger partial charge in [0.2, 0.25) is 5.79 Å². The molecule has 1 aromatic rings. The highest BCUT2D eigenvalue weighted by atomic mass is 16.8. The second kappa shape index (κ2) is 15.9. The van der Waals surface area contributed by atoms with Gasteiger partial charge in [0, 0.05) is 33.8 Å². The van der Waals surface area contributed by atoms with Crippen molar-refractivity contribution in [3.8, 4) is 5.75 Å². The summed E-state index contributed by atoms with van der Waals surface area (Å²) in [5.41, 5.74) is 0.491. The number of ether oxygens (including phenoxy) is 8. The van der Waals surface area contributed by atoms with Crippen LogP contribution < -0.4 is 0 Å². The van der Waals surface area contributed by atoms with Crippen molar-refractivity contribution in [3.63, 3.8) is 0 Å². The van der Waals surface area contributed by atoms with E-state index < -0.39 is 104 Å². The van der Waals surface area contributed by atoms with Crippen LogP contribution in [-0.4, -0.2) is 125 Å². The molecular weight excluding hydrogens is 620 g/mol. The van der Waals surface area contributed by atoms with Crippen molar-refractivity contribution < 1.29 is 82.3 Å². The summed E-state index contributed by atoms with van der Waals surface area (Å²) < 4.78 is 43.5. The Bertz CT molecular complexity index is 1280. The van der Waals surface area contributed by atoms with E-state index in [0.717, 1.165) is 33.8 Å². The highest BCUT2D eigenvalue weighted by molar-refractivity contribution is 5.87. The molecule has 9 atom stereocenters. The van der Waals surface area contributed by atoms with E-state index in [1.165, 1.54) is 30.3 Å². The molecule has 0 unspecified atom stereocenters. The lowest BCUT2D eigenvalue weighted by atomic mass is 9.98. The van der Waals surface area contributed by atoms with Crippen LogP contribution in [0, 0.1) is 0 Å². The zero-order valence-corrected chi connectivity index (χ0v) is 25.3. The first-order valence-corrected chi connectivity index (χ1v) is 13.9. The quantitative estimate of drug-likeness (QED) is 0.118. The van der Waals surface area contributed by atoms with Crippen molar-refractivity contribution in [3.05, 3.63) is 35.9 Å². The van der Waals surface area contributed by atoms with Gasteiger partial charge in [0.1, 0.15) is 43.4 Å². The first kappa shape index (κ1) is 36.3. The Morgan fingerprint density at radius 1 is 0.826 bits per heavy atom. The van der Waals surface area contributed by atoms with E-state index in [-0.39, 0.29) is 5.75 Å². The third-order valence-electron chi connectivity index (χ3n) is 6.67. The van der Waals surface area contributed by atoms with Crippen LogP contribution in [0.5, 0.6) is 5.75 Å². The first-order valence-electron chi connectivity index (χ1n) is 13.9. The van der Waals surface area contributed by atoms with Crippen LogP contribution in [0.15, 0.2) is 30.3 Å². The lowest BCUT2D eigenvalue weighted by molar-refractivity contribution is -0.384. The minimum atomic E-state index is -2.47. The Morgan fingerprint density at radius 2 is 1.43 bits per heavy atom. The number of aliphatic hydroxyl groups excluding tert-OH is 3. The second-order valence-electron chi connectivity index (χ2n) is 10.3. The molecule has 0 aromatic heterocycles. The maximum absolute atomic E-state index is 12.9. The molecule has 2 saturated heterocycles. The highest BCUT2D eigenvalue weighted by Crippen LogP contribution is 2.39. The molecule has 2 aliphatic rings. The summed E-state index contributed by atoms with van der Waals surface area (Å²) in [6.07, 6.45) is -11.3. The smallest absolute Gasteiger partial charge is 0.331 e. The fourth-order valence-electron chi connectivity index (χ4n) is 4.70. The fraction of sp³-hybridized carbons (Fsp3) is 0.552. The largest absolute Gasteiger partial charge is 0.508 e. The van der Waals surface area contributed by atoms with Crippen LogP contribution in [0.4, 0.5) is 0 Å². The lowest BCUT2D eigenvalue weighted by Crippen LogP contribution is -2.65. The normalized spacial score (nSPS) is 30.8. The molecule has 0 saturated carbocycles. The number of phenolic OH excluding ortho intramolecular Hbond substituents is 1. The van der Waals surface area contributed by atoms with Crippen LogP contribution in [-0.2, 0) is 61.9 Å². The van der Waals surface area contributed by atoms with Crippen LogP contribution in [0.1, 0.15) is 33.3 Å². The van der Waals surface area contributed by atoms with Gasteiger partial charge in [0.05, 0.1) is 6.61 Å². The summed E-state index contributed by atoms with van der Waals surface area (Å²) in [5.74, 6) is -6.93. The van der Waals surface area contributed by atoms with Gasteiger partial charge in [-0.3, -0.25) is 19.2 Å². The Morgan fingerprint density at radius 3 is 2.00 bits per heavy atom. The molecule has 0 aliphatic carbocycles. The summed E-state index contributed by atoms with van der Waals surface area (Å²) >= 11 is 0. The zero-order chi connectivity index (χ0) is 34.2. The Hall–Kier alpha value is -4.13. The maximum Gasteiger partial charge on any atom is 0.331 e. The van der Waals surface area contributed by atoms with Crippen molar-refractivity contribution in [2.45, 2.75) is 82.5 Å². The molecule has 17 heteroatoms. The third-order valence-corrected chi connectivity index (χ3v) is 6.67. The molecule has 17 nitrogen and oxygen atoms in total. The SMILES string of the molecule is CC(=O)OC[C@H]1O[C@H](O[C@]2(COC(C)=O)O[C@H](CO)[C@@H](O)[C@@H]2OC(=O)C=Cc2ccc(O)cc2)[C@H](O)[C@@H](OC(C)=O)[C@@H]1OC(C)=O. The Balaban J connectivity index is 2.00. The zero-order valence-electron chi connectivity index (χ0n) is 25.3. The number of phenols is 1. The Labute approximate surface area is 262 Å². The van der Waals surface area contributed by atoms with Crippen molar-refractivity contribution in [2.75, 3.05) is 19.8 Å². The molecule has 1 aromatic carbocycles. The molecule has 0 radical (unpaired) electrons. The monoisotopic (exact) mass is 656 g/mol. The summed E-state index contributed by atoms with van der Waals surface area (Å²) in [6, 6.07) is 5.75. The van der Waals surface area contributed by atoms with Crippen LogP contribution in [0.25, 0.3) is 6.08 Å². The molecule has 0 spiro atoms. The minimum absolute atomic E-state index is 0.00858. The van der Waals surface area contributed by atoms with E-state index in [9.17, 15) is 44.4 Å². The van der Waals surface area contributed by atoms with Crippen LogP contribution >= 0.6 is 0 Å². The van der Waals surface area contributed by atoms with Gasteiger partial charge in [0.15, 0.2) is 24.6 Å². The highest BCUT2D eigenvalue weighted by Gasteiger charge is 2.62. The predicted octanol–water partition coefficient (Wildman–Crippen LogP) is -1.14. The summed E-state index contributed by atoms with van der Waals surface area (Å²) in [4.78, 5) is 60.2. The molecule has 254 valence electrons. The van der Waals surface area contributed by atoms with Gasteiger partial charge in [-0.25, -0.2) is 4.79 Å². The van der Waals surface area contributed by atoms with Crippen molar-refractivity contribution in [2.24, 2.45) is 0 Å². The number of rotatable bonds is 12. The molecule has 4 N–H and O–H groups in total. The van der Waals surface area contributed by atoms with Crippen LogP contribution in [0.3, 0.4) is 0 Å². The van der Waals surface area contributed by atoms with Gasteiger partial charge in [-0.15, -0.1) is 0 Å². The van der Waals surface area contributed by atoms with Crippen molar-refractivity contribution in [1.29, 1.82) is 0 Å². The predicted molar refractivity (Wildman–Crippen MR) is 148 cm³/mol. The number of carbonyl (C=O) groups is 5. The maximum atomic E-state index is 12.9. The molecule has 0 amide bonds. The molecule has 0 bridgehead atoms. The van der Waals surface area contributed by atoms with E-state index in [1.54, 1.807) is 0 Å². The number of aliphatic hydroxyl groups is 3. The number of aromatic hydroxyl groups is 1. The lowest BCUT2D eigenvalue weighted by Gasteiger charge is -2.45. The topological polar surface area (TPSA) is 240 Å². The average molecular weight is 657 g/mol. The van der Waals surface area contributed by atoms with Gasteiger partial charge >= 0.3 is 29.8 Å². The van der Waals surface area contributed by atoms with Gasteiger partial charge < -0.3 is 58.3 Å². The number of esters is 5. The molecule has 2 aliphatic heterocycles. The molecule has 3 rings (SSSR count). The summed E-state index contributed by atoms with van der Waals surface area (Å²) in [5, 5.41) is 41.6. The van der Waals surface area contributed by atoms with Crippen LogP contribution in [0.2, 0.25) is 0 Å². The average Bonchev–Trinajstić information content (AvgIpc) is 3.24. The van der Waals surface area contributed by atoms with Crippen molar-refractivity contribution >= 4 is 35.9 Å². The standard InChI is InChI=1S/C29H36O17/c1-14(31)39-12-21-25(41-16(3)33)26(42-17(4)34)24(38)28(43-21)46-29(13-40-15(2)32)27(23(37)20(11-30)45-29)44-22(36)10-7-18-5-8-19(35)9-6-18/h5-10,20-21,23-28,30,35,37-38H,11-13H2,1-4H3/t20-,21-,23-,24-,25-,26-,27+,28-,29+/m1/s1. The van der Waals surface area contributed by atoms with Gasteiger partial charge in [-0.05, 0) is 23.8 Å². The molecule has 2 heterocycles. The van der Waals surface area contributed by atoms with E-state index in [4.69, 9.17) is 37.9 Å². The van der Waals surface area contributed by atoms with E-state index in [1.807, 2.05) is 0 Å². The molecule has 46 heavy (non-hydrogen) atoms. The van der Waals surface area contributed by atoms with E-state index in [0.29, 0.717) is 5.56 Å². The molecular formula is C29H36O17. The number of hydrogen-bond acceptors (Lipinski definition) is 17. The first-order chi connectivity index (χ1) is 21.6. The third kappa shape index (κ3) is 9.44. The second-order valence-corrected chi connectivity index (χ2v) is 10.3. The van der Waals surface area contributed by atoms with Gasteiger partial charge in [0.25, 0.3) is 0 Å². The molecule has 2 fully saturated rings. The fourth-order valence-corrected chi connectivity index (χ4v) is 4.70. The number of benzene rings is 1. The summed E-state index contributed by atoms with van der Waals surface area (Å²) in [6.45, 7) is 1.86. The minimum Gasteiger partial charge on any atom is -0.508 e. The Kier molecular flexibility index (Phi) is 12.6. The summed E-state index contributed by atoms with van der Waals surface area (Å²) in [7, 11) is 0. The van der Waals surface area contributed by atoms with E-state index in [2.05, 4.69) is 0 Å². The van der Waals surface area contributed by atoms with Gasteiger partial charge in [-0.1, -0.05) is 12.1 Å². The number of carbonyl (C=O) groups excluding carboxylic acids is 5. The van der Waals surface area contributed by atoms with Gasteiger partial charge in [-0.2, -0.15) is 0 Å². The van der Waals surface area contributed by atoms with E-state index >= 15 is 0 Å². The number of hydrogen-bond donors (Lipinski definition) is 4. The van der Waals surface area contributed by atoms with Crippen molar-refractivity contribution in [1.82, 2.24) is 0 Å².